The fourth-order valence-electron chi connectivity index (χ4n) is 5.86. The van der Waals surface area contributed by atoms with Gasteiger partial charge in [0.1, 0.15) is 23.1 Å². The van der Waals surface area contributed by atoms with Gasteiger partial charge < -0.3 is 9.84 Å². The molecule has 0 radical (unpaired) electrons. The number of benzene rings is 3. The molecule has 3 aromatic carbocycles. The van der Waals surface area contributed by atoms with E-state index in [1.165, 1.54) is 22.3 Å². The summed E-state index contributed by atoms with van der Waals surface area (Å²) in [7, 11) is 0. The zero-order chi connectivity index (χ0) is 25.2. The topological polar surface area (TPSA) is 48.8 Å². The summed E-state index contributed by atoms with van der Waals surface area (Å²) in [6, 6.07) is 28.0. The molecule has 1 N–H and O–H groups in total. The van der Waals surface area contributed by atoms with Gasteiger partial charge in [-0.2, -0.15) is 0 Å². The van der Waals surface area contributed by atoms with Crippen LogP contribution < -0.4 is 4.74 Å². The first-order valence-electron chi connectivity index (χ1n) is 13.1. The van der Waals surface area contributed by atoms with Crippen LogP contribution in [0.5, 0.6) is 5.75 Å². The molecule has 1 atom stereocenters. The predicted octanol–water partition coefficient (Wildman–Crippen LogP) is 5.24. The third kappa shape index (κ3) is 5.30. The van der Waals surface area contributed by atoms with E-state index in [1.54, 1.807) is 0 Å². The van der Waals surface area contributed by atoms with Crippen LogP contribution >= 0.6 is 15.9 Å². The minimum absolute atomic E-state index is 0.263. The normalized spacial score (nSPS) is 17.7. The molecule has 1 aliphatic carbocycles. The average Bonchev–Trinajstić information content (AvgIpc) is 3.09. The van der Waals surface area contributed by atoms with Crippen LogP contribution in [0.25, 0.3) is 10.9 Å². The number of rotatable bonds is 6. The Kier molecular flexibility index (Phi) is 7.25. The van der Waals surface area contributed by atoms with Gasteiger partial charge in [0.15, 0.2) is 0 Å². The van der Waals surface area contributed by atoms with Gasteiger partial charge >= 0.3 is 0 Å². The summed E-state index contributed by atoms with van der Waals surface area (Å²) >= 11 is 3.42. The third-order valence-electron chi connectivity index (χ3n) is 7.69. The summed E-state index contributed by atoms with van der Waals surface area (Å²) in [5.41, 5.74) is 6.71. The number of β-amino-alcohol motifs (C(OH)–C–C–N with tert-alkyl or cyclic N) is 1. The monoisotopic (exact) mass is 557 g/mol. The fraction of sp³-hybridized carbons (Fsp3) is 0.323. The van der Waals surface area contributed by atoms with E-state index in [9.17, 15) is 5.11 Å². The van der Waals surface area contributed by atoms with Gasteiger partial charge in [0.25, 0.3) is 0 Å². The van der Waals surface area contributed by atoms with Crippen molar-refractivity contribution in [2.75, 3.05) is 39.3 Å². The van der Waals surface area contributed by atoms with E-state index >= 15 is 0 Å². The highest BCUT2D eigenvalue weighted by Gasteiger charge is 2.31. The number of hydrogen-bond donors (Lipinski definition) is 1. The number of aliphatic hydroxyl groups excluding tert-OH is 1. The zero-order valence-electron chi connectivity index (χ0n) is 20.9. The largest absolute Gasteiger partial charge is 0.490 e. The lowest BCUT2D eigenvalue weighted by molar-refractivity contribution is 0.0403. The SMILES string of the molecule is OC(COc1cccc2nc(Br)ccc12)CN1CCN(C2c3ccccc3CCc3ccccc32)CC1. The van der Waals surface area contributed by atoms with E-state index in [1.807, 2.05) is 30.3 Å². The van der Waals surface area contributed by atoms with Crippen LogP contribution in [0.1, 0.15) is 28.3 Å². The molecule has 190 valence electrons. The van der Waals surface area contributed by atoms with Gasteiger partial charge in [-0.3, -0.25) is 9.80 Å². The van der Waals surface area contributed by atoms with Gasteiger partial charge in [-0.25, -0.2) is 4.98 Å². The molecule has 0 amide bonds. The predicted molar refractivity (Wildman–Crippen MR) is 151 cm³/mol. The van der Waals surface area contributed by atoms with Crippen LogP contribution in [0.15, 0.2) is 83.5 Å². The van der Waals surface area contributed by atoms with Crippen molar-refractivity contribution < 1.29 is 9.84 Å². The van der Waals surface area contributed by atoms with E-state index in [0.29, 0.717) is 12.6 Å². The summed E-state index contributed by atoms with van der Waals surface area (Å²) in [5, 5.41) is 11.7. The first kappa shape index (κ1) is 24.6. The second-order valence-electron chi connectivity index (χ2n) is 10.1. The Balaban J connectivity index is 1.09. The second-order valence-corrected chi connectivity index (χ2v) is 10.9. The van der Waals surface area contributed by atoms with Crippen molar-refractivity contribution in [3.63, 3.8) is 0 Å². The van der Waals surface area contributed by atoms with Crippen LogP contribution in [0.4, 0.5) is 0 Å². The van der Waals surface area contributed by atoms with Gasteiger partial charge in [-0.1, -0.05) is 54.6 Å². The number of nitrogens with zero attached hydrogens (tertiary/aromatic N) is 3. The van der Waals surface area contributed by atoms with E-state index in [4.69, 9.17) is 4.74 Å². The fourth-order valence-corrected chi connectivity index (χ4v) is 6.18. The van der Waals surface area contributed by atoms with Crippen LogP contribution in [-0.2, 0) is 12.8 Å². The van der Waals surface area contributed by atoms with Gasteiger partial charge in [0, 0.05) is 38.1 Å². The summed E-state index contributed by atoms with van der Waals surface area (Å²) in [5.74, 6) is 0.757. The van der Waals surface area contributed by atoms with E-state index < -0.39 is 6.10 Å². The number of fused-ring (bicyclic) bond motifs is 3. The molecule has 0 bridgehead atoms. The van der Waals surface area contributed by atoms with E-state index in [0.717, 1.165) is 60.3 Å². The molecule has 1 saturated heterocycles. The lowest BCUT2D eigenvalue weighted by Gasteiger charge is -2.40. The molecule has 0 spiro atoms. The highest BCUT2D eigenvalue weighted by Crippen LogP contribution is 2.37. The summed E-state index contributed by atoms with van der Waals surface area (Å²) in [4.78, 5) is 9.49. The summed E-state index contributed by atoms with van der Waals surface area (Å²) in [6.07, 6.45) is 1.64. The molecule has 5 nitrogen and oxygen atoms in total. The van der Waals surface area contributed by atoms with E-state index in [2.05, 4.69) is 79.2 Å². The lowest BCUT2D eigenvalue weighted by Crippen LogP contribution is -2.50. The van der Waals surface area contributed by atoms with Gasteiger partial charge in [-0.05, 0) is 75.3 Å². The number of piperazine rings is 1. The molecule has 2 heterocycles. The molecular weight excluding hydrogens is 526 g/mol. The minimum Gasteiger partial charge on any atom is -0.490 e. The molecule has 37 heavy (non-hydrogen) atoms. The number of aliphatic hydroxyl groups is 1. The zero-order valence-corrected chi connectivity index (χ0v) is 22.5. The van der Waals surface area contributed by atoms with Crippen LogP contribution in [0.3, 0.4) is 0 Å². The highest BCUT2D eigenvalue weighted by atomic mass is 79.9. The third-order valence-corrected chi connectivity index (χ3v) is 8.13. The number of hydrogen-bond acceptors (Lipinski definition) is 5. The average molecular weight is 559 g/mol. The molecule has 1 aliphatic heterocycles. The van der Waals surface area contributed by atoms with Crippen LogP contribution in [0.2, 0.25) is 0 Å². The number of halogens is 1. The number of ether oxygens (including phenoxy) is 1. The highest BCUT2D eigenvalue weighted by molar-refractivity contribution is 9.10. The Morgan fingerprint density at radius 1 is 0.838 bits per heavy atom. The van der Waals surface area contributed by atoms with Crippen molar-refractivity contribution in [1.82, 2.24) is 14.8 Å². The standard InChI is InChI=1S/C31H32BrN3O2/c32-30-15-14-27-28(33-30)10-5-11-29(27)37-21-24(36)20-34-16-18-35(19-17-34)31-25-8-3-1-6-22(25)12-13-23-7-2-4-9-26(23)31/h1-11,14-15,24,31,36H,12-13,16-21H2. The minimum atomic E-state index is -0.551. The maximum atomic E-state index is 10.8. The number of pyridine rings is 1. The first-order valence-corrected chi connectivity index (χ1v) is 13.9. The molecule has 6 heteroatoms. The smallest absolute Gasteiger partial charge is 0.128 e. The van der Waals surface area contributed by atoms with Crippen molar-refractivity contribution in [3.8, 4) is 5.75 Å². The lowest BCUT2D eigenvalue weighted by atomic mass is 9.92. The van der Waals surface area contributed by atoms with Gasteiger partial charge in [-0.15, -0.1) is 0 Å². The van der Waals surface area contributed by atoms with Gasteiger partial charge in [0.05, 0.1) is 11.6 Å². The number of aromatic nitrogens is 1. The first-order chi connectivity index (χ1) is 18.2. The molecular formula is C31H32BrN3O2. The second kappa shape index (κ2) is 10.9. The van der Waals surface area contributed by atoms with Crippen LogP contribution in [-0.4, -0.2) is 65.3 Å². The van der Waals surface area contributed by atoms with Crippen molar-refractivity contribution in [1.29, 1.82) is 0 Å². The summed E-state index contributed by atoms with van der Waals surface area (Å²) < 4.78 is 6.83. The summed E-state index contributed by atoms with van der Waals surface area (Å²) in [6.45, 7) is 4.70. The van der Waals surface area contributed by atoms with Gasteiger partial charge in [0.2, 0.25) is 0 Å². The van der Waals surface area contributed by atoms with Crippen molar-refractivity contribution in [3.05, 3.63) is 106 Å². The Morgan fingerprint density at radius 2 is 1.51 bits per heavy atom. The maximum absolute atomic E-state index is 10.8. The molecule has 6 rings (SSSR count). The van der Waals surface area contributed by atoms with E-state index in [-0.39, 0.29) is 6.61 Å². The Morgan fingerprint density at radius 3 is 2.22 bits per heavy atom. The molecule has 1 fully saturated rings. The van der Waals surface area contributed by atoms with Crippen LogP contribution in [0, 0.1) is 0 Å². The Labute approximate surface area is 226 Å². The molecule has 4 aromatic rings. The quantitative estimate of drug-likeness (QED) is 0.328. The number of aryl methyl sites for hydroxylation is 2. The maximum Gasteiger partial charge on any atom is 0.128 e. The van der Waals surface area contributed by atoms with Crippen molar-refractivity contribution in [2.24, 2.45) is 0 Å². The molecule has 1 unspecified atom stereocenters. The van der Waals surface area contributed by atoms with Crippen molar-refractivity contribution >= 4 is 26.8 Å². The Bertz CT molecular complexity index is 1340. The Hall–Kier alpha value is -2.77. The molecule has 1 aromatic heterocycles. The van der Waals surface area contributed by atoms with Crippen molar-refractivity contribution in [2.45, 2.75) is 25.0 Å². The molecule has 0 saturated carbocycles. The molecule has 2 aliphatic rings.